The maximum atomic E-state index is 13.8. The summed E-state index contributed by atoms with van der Waals surface area (Å²) >= 11 is 0. The van der Waals surface area contributed by atoms with E-state index in [0.29, 0.717) is 0 Å². The van der Waals surface area contributed by atoms with Crippen molar-refractivity contribution in [1.82, 2.24) is 21.5 Å². The Morgan fingerprint density at radius 2 is 0.478 bits per heavy atom. The SMILES string of the molecule is O=C(NNC(=O)NC(c1ccccc1)(c1ccccc1)c1ccccc1)NC(c1ccccc1)(c1ccccc1)c1ccccc1. The van der Waals surface area contributed by atoms with Crippen LogP contribution in [-0.2, 0) is 11.1 Å². The summed E-state index contributed by atoms with van der Waals surface area (Å²) in [6.45, 7) is 0. The molecule has 0 aromatic heterocycles. The highest BCUT2D eigenvalue weighted by molar-refractivity contribution is 5.83. The van der Waals surface area contributed by atoms with E-state index < -0.39 is 23.1 Å². The Kier molecular flexibility index (Phi) is 8.88. The maximum absolute atomic E-state index is 13.8. The first-order chi connectivity index (χ1) is 22.6. The number of hydrogen-bond acceptors (Lipinski definition) is 2. The van der Waals surface area contributed by atoms with Crippen molar-refractivity contribution in [2.45, 2.75) is 11.1 Å². The average molecular weight is 603 g/mol. The van der Waals surface area contributed by atoms with Gasteiger partial charge in [-0.05, 0) is 33.4 Å². The summed E-state index contributed by atoms with van der Waals surface area (Å²) < 4.78 is 0. The highest BCUT2D eigenvalue weighted by atomic mass is 16.2. The van der Waals surface area contributed by atoms with Crippen LogP contribution in [-0.4, -0.2) is 12.1 Å². The van der Waals surface area contributed by atoms with Crippen LogP contribution in [0.3, 0.4) is 0 Å². The van der Waals surface area contributed by atoms with E-state index in [9.17, 15) is 9.59 Å². The standard InChI is InChI=1S/C40H34N4O2/c45-37(41-39(31-19-7-1-8-20-31,32-21-9-2-10-22-32)33-23-11-3-12-24-33)43-44-38(46)42-40(34-25-13-4-14-26-34,35-27-15-5-16-28-35)36-29-17-6-18-30-36/h1-30H,(H2,41,43,45)(H2,42,44,46). The highest BCUT2D eigenvalue weighted by Crippen LogP contribution is 2.38. The van der Waals surface area contributed by atoms with Crippen molar-refractivity contribution in [3.05, 3.63) is 215 Å². The number of amides is 4. The van der Waals surface area contributed by atoms with E-state index in [2.05, 4.69) is 21.5 Å². The van der Waals surface area contributed by atoms with Gasteiger partial charge in [0.2, 0.25) is 0 Å². The van der Waals surface area contributed by atoms with Gasteiger partial charge in [-0.2, -0.15) is 0 Å². The van der Waals surface area contributed by atoms with Crippen LogP contribution in [0.2, 0.25) is 0 Å². The Morgan fingerprint density at radius 3 is 0.652 bits per heavy atom. The van der Waals surface area contributed by atoms with Crippen molar-refractivity contribution in [1.29, 1.82) is 0 Å². The summed E-state index contributed by atoms with van der Waals surface area (Å²) in [7, 11) is 0. The van der Waals surface area contributed by atoms with Crippen LogP contribution in [0, 0.1) is 0 Å². The van der Waals surface area contributed by atoms with Gasteiger partial charge in [0.15, 0.2) is 0 Å². The van der Waals surface area contributed by atoms with Gasteiger partial charge in [-0.3, -0.25) is 0 Å². The summed E-state index contributed by atoms with van der Waals surface area (Å²) in [6, 6.07) is 57.5. The maximum Gasteiger partial charge on any atom is 0.334 e. The third-order valence-electron chi connectivity index (χ3n) is 8.13. The molecule has 6 nitrogen and oxygen atoms in total. The molecule has 0 spiro atoms. The molecule has 226 valence electrons. The van der Waals surface area contributed by atoms with Gasteiger partial charge < -0.3 is 10.6 Å². The Morgan fingerprint density at radius 1 is 0.304 bits per heavy atom. The summed E-state index contributed by atoms with van der Waals surface area (Å²) in [5, 5.41) is 6.40. The van der Waals surface area contributed by atoms with E-state index in [1.54, 1.807) is 0 Å². The zero-order valence-corrected chi connectivity index (χ0v) is 25.1. The van der Waals surface area contributed by atoms with Gasteiger partial charge >= 0.3 is 12.1 Å². The van der Waals surface area contributed by atoms with Crippen LogP contribution in [0.5, 0.6) is 0 Å². The van der Waals surface area contributed by atoms with Crippen molar-refractivity contribution in [2.75, 3.05) is 0 Å². The molecule has 0 fully saturated rings. The molecular formula is C40H34N4O2. The molecule has 0 saturated carbocycles. The van der Waals surface area contributed by atoms with Crippen LogP contribution in [0.15, 0.2) is 182 Å². The van der Waals surface area contributed by atoms with E-state index in [0.717, 1.165) is 33.4 Å². The molecule has 0 bridgehead atoms. The van der Waals surface area contributed by atoms with Crippen molar-refractivity contribution < 1.29 is 9.59 Å². The molecule has 0 atom stereocenters. The fourth-order valence-corrected chi connectivity index (χ4v) is 6.08. The normalized spacial score (nSPS) is 11.2. The third kappa shape index (κ3) is 5.97. The molecule has 0 heterocycles. The molecule has 46 heavy (non-hydrogen) atoms. The number of carbonyl (C=O) groups excluding carboxylic acids is 2. The molecule has 6 aromatic rings. The van der Waals surface area contributed by atoms with Crippen molar-refractivity contribution >= 4 is 12.1 Å². The first-order valence-corrected chi connectivity index (χ1v) is 15.1. The van der Waals surface area contributed by atoms with Crippen LogP contribution in [0.4, 0.5) is 9.59 Å². The zero-order valence-electron chi connectivity index (χ0n) is 25.1. The number of benzene rings is 6. The number of hydrazine groups is 1. The van der Waals surface area contributed by atoms with E-state index in [4.69, 9.17) is 0 Å². The minimum atomic E-state index is -1.05. The number of carbonyl (C=O) groups is 2. The molecule has 0 radical (unpaired) electrons. The Hall–Kier alpha value is -6.14. The molecule has 0 saturated heterocycles. The van der Waals surface area contributed by atoms with Crippen LogP contribution >= 0.6 is 0 Å². The zero-order chi connectivity index (χ0) is 31.7. The minimum absolute atomic E-state index is 0.587. The number of rotatable bonds is 8. The summed E-state index contributed by atoms with van der Waals surface area (Å²) in [4.78, 5) is 27.6. The van der Waals surface area contributed by atoms with Crippen LogP contribution in [0.1, 0.15) is 33.4 Å². The number of nitrogens with one attached hydrogen (secondary N) is 4. The molecule has 0 aliphatic heterocycles. The molecule has 4 amide bonds. The Bertz CT molecular complexity index is 1520. The fraction of sp³-hybridized carbons (Fsp3) is 0.0500. The van der Waals surface area contributed by atoms with Gasteiger partial charge in [-0.25, -0.2) is 20.4 Å². The second-order valence-corrected chi connectivity index (χ2v) is 10.9. The molecule has 0 unspecified atom stereocenters. The lowest BCUT2D eigenvalue weighted by molar-refractivity contribution is 0.216. The lowest BCUT2D eigenvalue weighted by Gasteiger charge is -2.37. The van der Waals surface area contributed by atoms with Crippen molar-refractivity contribution in [2.24, 2.45) is 0 Å². The van der Waals surface area contributed by atoms with E-state index >= 15 is 0 Å². The molecule has 4 N–H and O–H groups in total. The highest BCUT2D eigenvalue weighted by Gasteiger charge is 2.40. The van der Waals surface area contributed by atoms with Crippen molar-refractivity contribution in [3.8, 4) is 0 Å². The second-order valence-electron chi connectivity index (χ2n) is 10.9. The van der Waals surface area contributed by atoms with E-state index in [-0.39, 0.29) is 0 Å². The van der Waals surface area contributed by atoms with Gasteiger partial charge in [0, 0.05) is 0 Å². The molecule has 6 rings (SSSR count). The van der Waals surface area contributed by atoms with Gasteiger partial charge in [0.25, 0.3) is 0 Å². The third-order valence-corrected chi connectivity index (χ3v) is 8.13. The monoisotopic (exact) mass is 602 g/mol. The molecule has 6 aromatic carbocycles. The molecule has 0 aliphatic carbocycles. The number of hydrogen-bond donors (Lipinski definition) is 4. The fourth-order valence-electron chi connectivity index (χ4n) is 6.08. The quantitative estimate of drug-likeness (QED) is 0.108. The van der Waals surface area contributed by atoms with Gasteiger partial charge in [0.1, 0.15) is 11.1 Å². The molecule has 0 aliphatic rings. The number of urea groups is 2. The Labute approximate surface area is 269 Å². The molecular weight excluding hydrogens is 568 g/mol. The van der Waals surface area contributed by atoms with Gasteiger partial charge in [-0.1, -0.05) is 182 Å². The summed E-state index contributed by atoms with van der Waals surface area (Å²) in [5.41, 5.74) is 8.31. The van der Waals surface area contributed by atoms with Crippen LogP contribution < -0.4 is 21.5 Å². The smallest absolute Gasteiger partial charge is 0.319 e. The van der Waals surface area contributed by atoms with Gasteiger partial charge in [0.05, 0.1) is 0 Å². The largest absolute Gasteiger partial charge is 0.334 e. The average Bonchev–Trinajstić information content (AvgIpc) is 3.14. The molecule has 6 heteroatoms. The van der Waals surface area contributed by atoms with E-state index in [1.165, 1.54) is 0 Å². The summed E-state index contributed by atoms with van der Waals surface area (Å²) in [5.74, 6) is 0. The second kappa shape index (κ2) is 13.7. The lowest BCUT2D eigenvalue weighted by atomic mass is 9.77. The Balaban J connectivity index is 1.32. The predicted molar refractivity (Wildman–Crippen MR) is 182 cm³/mol. The lowest BCUT2D eigenvalue weighted by Crippen LogP contribution is -2.59. The van der Waals surface area contributed by atoms with E-state index in [1.807, 2.05) is 182 Å². The first kappa shape index (κ1) is 29.9. The minimum Gasteiger partial charge on any atom is -0.319 e. The first-order valence-electron chi connectivity index (χ1n) is 15.1. The topological polar surface area (TPSA) is 82.3 Å². The van der Waals surface area contributed by atoms with Crippen molar-refractivity contribution in [3.63, 3.8) is 0 Å². The van der Waals surface area contributed by atoms with Crippen LogP contribution in [0.25, 0.3) is 0 Å². The predicted octanol–water partition coefficient (Wildman–Crippen LogP) is 7.48. The van der Waals surface area contributed by atoms with Gasteiger partial charge in [-0.15, -0.1) is 0 Å². The summed E-state index contributed by atoms with van der Waals surface area (Å²) in [6.07, 6.45) is 0.